The van der Waals surface area contributed by atoms with E-state index in [1.807, 2.05) is 0 Å². The van der Waals surface area contributed by atoms with Gasteiger partial charge >= 0.3 is 0 Å². The SMILES string of the molecule is CN1CCC(C2CCN(CC3CN(NC4CN(C5CCN(C)CC5)CCN4CCCC4CCC(N)CC4)C3)CC2)CC1. The number of hydrazine groups is 1. The van der Waals surface area contributed by atoms with Gasteiger partial charge in [0.25, 0.3) is 0 Å². The van der Waals surface area contributed by atoms with Gasteiger partial charge in [-0.2, -0.15) is 0 Å². The lowest BCUT2D eigenvalue weighted by Crippen LogP contribution is -2.68. The fourth-order valence-corrected chi connectivity index (χ4v) is 9.46. The fourth-order valence-electron chi connectivity index (χ4n) is 9.46. The summed E-state index contributed by atoms with van der Waals surface area (Å²) < 4.78 is 0. The molecule has 0 aromatic rings. The molecule has 1 aliphatic carbocycles. The Bertz CT molecular complexity index is 772. The Balaban J connectivity index is 0.934. The summed E-state index contributed by atoms with van der Waals surface area (Å²) in [7, 11) is 4.58. The number of rotatable bonds is 10. The number of piperidine rings is 3. The van der Waals surface area contributed by atoms with Gasteiger partial charge < -0.3 is 20.4 Å². The number of hydrogen-bond acceptors (Lipinski definition) is 8. The molecule has 42 heavy (non-hydrogen) atoms. The van der Waals surface area contributed by atoms with Gasteiger partial charge in [0.05, 0.1) is 6.17 Å². The molecule has 6 aliphatic rings. The zero-order chi connectivity index (χ0) is 28.9. The summed E-state index contributed by atoms with van der Waals surface area (Å²) in [6.07, 6.45) is 16.9. The van der Waals surface area contributed by atoms with E-state index < -0.39 is 0 Å². The van der Waals surface area contributed by atoms with Crippen LogP contribution < -0.4 is 11.2 Å². The minimum atomic E-state index is 0.471. The van der Waals surface area contributed by atoms with Crippen molar-refractivity contribution in [2.24, 2.45) is 29.4 Å². The van der Waals surface area contributed by atoms with E-state index in [-0.39, 0.29) is 0 Å². The third-order valence-corrected chi connectivity index (χ3v) is 12.5. The first-order valence-electron chi connectivity index (χ1n) is 18.3. The van der Waals surface area contributed by atoms with Crippen LogP contribution in [0.15, 0.2) is 0 Å². The summed E-state index contributed by atoms with van der Waals surface area (Å²) in [6.45, 7) is 16.6. The molecule has 5 heterocycles. The molecule has 8 nitrogen and oxygen atoms in total. The smallest absolute Gasteiger partial charge is 0.0860 e. The normalized spacial score (nSPS) is 34.2. The molecular weight excluding hydrogens is 520 g/mol. The van der Waals surface area contributed by atoms with Crippen LogP contribution in [0, 0.1) is 23.7 Å². The minimum Gasteiger partial charge on any atom is -0.328 e. The lowest BCUT2D eigenvalue weighted by molar-refractivity contribution is -0.0604. The van der Waals surface area contributed by atoms with Crippen molar-refractivity contribution in [3.63, 3.8) is 0 Å². The number of nitrogens with zero attached hydrogens (tertiary/aromatic N) is 6. The average molecular weight is 587 g/mol. The number of piperazine rings is 1. The van der Waals surface area contributed by atoms with Gasteiger partial charge in [-0.15, -0.1) is 0 Å². The van der Waals surface area contributed by atoms with Gasteiger partial charge in [0.1, 0.15) is 0 Å². The van der Waals surface area contributed by atoms with Crippen LogP contribution in [-0.2, 0) is 0 Å². The lowest BCUT2D eigenvalue weighted by atomic mass is 9.78. The first-order chi connectivity index (χ1) is 20.5. The van der Waals surface area contributed by atoms with Crippen molar-refractivity contribution in [1.82, 2.24) is 34.9 Å². The van der Waals surface area contributed by atoms with Crippen molar-refractivity contribution in [2.75, 3.05) is 99.2 Å². The molecule has 3 N–H and O–H groups in total. The fraction of sp³-hybridized carbons (Fsp3) is 1.00. The maximum atomic E-state index is 6.17. The second-order valence-corrected chi connectivity index (χ2v) is 15.7. The van der Waals surface area contributed by atoms with Crippen molar-refractivity contribution in [3.8, 4) is 0 Å². The molecule has 6 rings (SSSR count). The zero-order valence-corrected chi connectivity index (χ0v) is 27.5. The van der Waals surface area contributed by atoms with E-state index in [1.165, 1.54) is 162 Å². The Labute approximate surface area is 258 Å². The van der Waals surface area contributed by atoms with E-state index in [0.29, 0.717) is 12.2 Å². The predicted molar refractivity (Wildman–Crippen MR) is 174 cm³/mol. The molecule has 0 radical (unpaired) electrons. The van der Waals surface area contributed by atoms with Gasteiger partial charge in [-0.3, -0.25) is 9.80 Å². The maximum Gasteiger partial charge on any atom is 0.0860 e. The highest BCUT2D eigenvalue weighted by Gasteiger charge is 2.37. The molecule has 0 spiro atoms. The molecule has 5 saturated heterocycles. The summed E-state index contributed by atoms with van der Waals surface area (Å²) in [5, 5.41) is 2.58. The highest BCUT2D eigenvalue weighted by molar-refractivity contribution is 4.90. The molecule has 0 aromatic heterocycles. The van der Waals surface area contributed by atoms with Gasteiger partial charge in [-0.05, 0) is 161 Å². The number of nitrogens with two attached hydrogens (primary N) is 1. The Morgan fingerprint density at radius 1 is 0.643 bits per heavy atom. The number of hydrogen-bond donors (Lipinski definition) is 2. The first kappa shape index (κ1) is 31.7. The molecule has 8 heteroatoms. The van der Waals surface area contributed by atoms with Crippen molar-refractivity contribution in [3.05, 3.63) is 0 Å². The highest BCUT2D eigenvalue weighted by Crippen LogP contribution is 2.33. The Morgan fingerprint density at radius 2 is 1.26 bits per heavy atom. The van der Waals surface area contributed by atoms with Crippen molar-refractivity contribution >= 4 is 0 Å². The number of likely N-dealkylation sites (tertiary alicyclic amines) is 3. The van der Waals surface area contributed by atoms with E-state index in [4.69, 9.17) is 5.73 Å². The topological polar surface area (TPSA) is 57.5 Å². The van der Waals surface area contributed by atoms with Crippen molar-refractivity contribution in [1.29, 1.82) is 0 Å². The van der Waals surface area contributed by atoms with Crippen LogP contribution in [-0.4, -0.2) is 147 Å². The lowest BCUT2D eigenvalue weighted by Gasteiger charge is -2.50. The van der Waals surface area contributed by atoms with E-state index in [2.05, 4.69) is 49.0 Å². The Kier molecular flexibility index (Phi) is 11.5. The number of nitrogens with one attached hydrogen (secondary N) is 1. The van der Waals surface area contributed by atoms with E-state index >= 15 is 0 Å². The molecule has 5 aliphatic heterocycles. The summed E-state index contributed by atoms with van der Waals surface area (Å²) in [5.74, 6) is 3.76. The third kappa shape index (κ3) is 8.68. The van der Waals surface area contributed by atoms with E-state index in [0.717, 1.165) is 29.7 Å². The Morgan fingerprint density at radius 3 is 1.93 bits per heavy atom. The Hall–Kier alpha value is -0.320. The summed E-state index contributed by atoms with van der Waals surface area (Å²) in [4.78, 5) is 13.5. The molecule has 0 bridgehead atoms. The second kappa shape index (κ2) is 15.3. The van der Waals surface area contributed by atoms with Gasteiger partial charge in [0, 0.05) is 51.4 Å². The van der Waals surface area contributed by atoms with Crippen LogP contribution >= 0.6 is 0 Å². The van der Waals surface area contributed by atoms with Crippen LogP contribution in [0.4, 0.5) is 0 Å². The molecule has 0 aromatic carbocycles. The van der Waals surface area contributed by atoms with Crippen LogP contribution in [0.3, 0.4) is 0 Å². The van der Waals surface area contributed by atoms with Crippen molar-refractivity contribution in [2.45, 2.75) is 95.3 Å². The average Bonchev–Trinajstić information content (AvgIpc) is 2.99. The molecule has 1 saturated carbocycles. The molecule has 0 amide bonds. The highest BCUT2D eigenvalue weighted by atomic mass is 15.6. The molecular formula is C34H66N8. The van der Waals surface area contributed by atoms with Crippen LogP contribution in [0.1, 0.15) is 77.0 Å². The van der Waals surface area contributed by atoms with Gasteiger partial charge in [-0.1, -0.05) is 0 Å². The van der Waals surface area contributed by atoms with Crippen LogP contribution in [0.2, 0.25) is 0 Å². The largest absolute Gasteiger partial charge is 0.328 e. The quantitative estimate of drug-likeness (QED) is 0.406. The zero-order valence-electron chi connectivity index (χ0n) is 27.5. The first-order valence-corrected chi connectivity index (χ1v) is 18.3. The maximum absolute atomic E-state index is 6.17. The summed E-state index contributed by atoms with van der Waals surface area (Å²) in [6, 6.07) is 1.25. The van der Waals surface area contributed by atoms with Gasteiger partial charge in [0.2, 0.25) is 0 Å². The minimum absolute atomic E-state index is 0.471. The van der Waals surface area contributed by atoms with Crippen LogP contribution in [0.5, 0.6) is 0 Å². The monoisotopic (exact) mass is 587 g/mol. The molecule has 242 valence electrons. The van der Waals surface area contributed by atoms with Crippen molar-refractivity contribution < 1.29 is 0 Å². The van der Waals surface area contributed by atoms with E-state index in [9.17, 15) is 0 Å². The second-order valence-electron chi connectivity index (χ2n) is 15.7. The predicted octanol–water partition coefficient (Wildman–Crippen LogP) is 2.81. The summed E-state index contributed by atoms with van der Waals surface area (Å²) >= 11 is 0. The third-order valence-electron chi connectivity index (χ3n) is 12.5. The summed E-state index contributed by atoms with van der Waals surface area (Å²) in [5.41, 5.74) is 10.2. The standard InChI is InChI=1S/C34H66N8/c1-37-16-9-30(10-17-37)31-11-20-39(21-12-31)24-29-25-42(26-29)36-34-27-41(33-13-18-38(2)19-14-33)23-22-40(34)15-3-4-28-5-7-32(35)8-6-28/h28-34,36H,3-27,35H2,1-2H3. The van der Waals surface area contributed by atoms with Gasteiger partial charge in [0.15, 0.2) is 0 Å². The molecule has 1 atom stereocenters. The van der Waals surface area contributed by atoms with Crippen LogP contribution in [0.25, 0.3) is 0 Å². The van der Waals surface area contributed by atoms with Gasteiger partial charge in [-0.25, -0.2) is 10.4 Å². The van der Waals surface area contributed by atoms with E-state index in [1.54, 1.807) is 0 Å². The molecule has 1 unspecified atom stereocenters. The molecule has 6 fully saturated rings.